The van der Waals surface area contributed by atoms with Crippen LogP contribution in [0, 0.1) is 0 Å². The number of benzene rings is 1. The molecule has 2 aromatic rings. The van der Waals surface area contributed by atoms with Gasteiger partial charge in [-0.05, 0) is 46.5 Å². The SMILES string of the molecule is CCC(NCc1ccsc1)c1ccc(Br)cc1. The number of rotatable bonds is 5. The highest BCUT2D eigenvalue weighted by Crippen LogP contribution is 2.20. The van der Waals surface area contributed by atoms with Crippen molar-refractivity contribution in [1.29, 1.82) is 0 Å². The number of thiophene rings is 1. The molecular formula is C14H16BrNS. The topological polar surface area (TPSA) is 12.0 Å². The molecule has 1 heterocycles. The molecule has 0 aliphatic rings. The maximum Gasteiger partial charge on any atom is 0.0320 e. The summed E-state index contributed by atoms with van der Waals surface area (Å²) in [6.07, 6.45) is 1.10. The van der Waals surface area contributed by atoms with E-state index < -0.39 is 0 Å². The maximum absolute atomic E-state index is 3.60. The Bertz CT molecular complexity index is 436. The molecule has 2 rings (SSSR count). The lowest BCUT2D eigenvalue weighted by molar-refractivity contribution is 0.519. The molecule has 0 amide bonds. The van der Waals surface area contributed by atoms with Crippen LogP contribution in [-0.2, 0) is 6.54 Å². The molecule has 3 heteroatoms. The highest BCUT2D eigenvalue weighted by molar-refractivity contribution is 9.10. The van der Waals surface area contributed by atoms with Crippen molar-refractivity contribution in [3.05, 3.63) is 56.7 Å². The molecule has 1 aromatic heterocycles. The first-order valence-corrected chi connectivity index (χ1v) is 7.53. The van der Waals surface area contributed by atoms with E-state index in [2.05, 4.69) is 69.3 Å². The highest BCUT2D eigenvalue weighted by Gasteiger charge is 2.08. The van der Waals surface area contributed by atoms with Gasteiger partial charge < -0.3 is 5.32 Å². The Morgan fingerprint density at radius 2 is 2.00 bits per heavy atom. The van der Waals surface area contributed by atoms with E-state index >= 15 is 0 Å². The lowest BCUT2D eigenvalue weighted by Crippen LogP contribution is -2.19. The summed E-state index contributed by atoms with van der Waals surface area (Å²) in [5, 5.41) is 7.92. The van der Waals surface area contributed by atoms with Crippen LogP contribution in [0.5, 0.6) is 0 Å². The molecule has 1 unspecified atom stereocenters. The first-order valence-electron chi connectivity index (χ1n) is 5.79. The van der Waals surface area contributed by atoms with Crippen molar-refractivity contribution >= 4 is 27.3 Å². The molecule has 1 atom stereocenters. The third kappa shape index (κ3) is 3.66. The minimum atomic E-state index is 0.433. The molecule has 0 saturated carbocycles. The van der Waals surface area contributed by atoms with E-state index in [4.69, 9.17) is 0 Å². The Kier molecular flexibility index (Phi) is 4.77. The number of halogens is 1. The van der Waals surface area contributed by atoms with E-state index in [1.165, 1.54) is 11.1 Å². The molecule has 1 aromatic carbocycles. The van der Waals surface area contributed by atoms with Crippen LogP contribution in [0.25, 0.3) is 0 Å². The molecule has 0 spiro atoms. The van der Waals surface area contributed by atoms with Crippen molar-refractivity contribution < 1.29 is 0 Å². The van der Waals surface area contributed by atoms with Crippen molar-refractivity contribution in [2.45, 2.75) is 25.9 Å². The van der Waals surface area contributed by atoms with E-state index in [1.54, 1.807) is 11.3 Å². The van der Waals surface area contributed by atoms with Gasteiger partial charge in [0, 0.05) is 17.1 Å². The quantitative estimate of drug-likeness (QED) is 0.840. The Morgan fingerprint density at radius 1 is 1.24 bits per heavy atom. The second-order valence-corrected chi connectivity index (χ2v) is 5.72. The summed E-state index contributed by atoms with van der Waals surface area (Å²) in [5.41, 5.74) is 2.72. The van der Waals surface area contributed by atoms with Crippen LogP contribution in [0.2, 0.25) is 0 Å². The van der Waals surface area contributed by atoms with Crippen molar-refractivity contribution in [2.24, 2.45) is 0 Å². The average Bonchev–Trinajstić information content (AvgIpc) is 2.85. The van der Waals surface area contributed by atoms with Gasteiger partial charge in [-0.2, -0.15) is 11.3 Å². The van der Waals surface area contributed by atoms with Crippen LogP contribution in [0.1, 0.15) is 30.5 Å². The van der Waals surface area contributed by atoms with Crippen molar-refractivity contribution in [3.8, 4) is 0 Å². The third-order valence-electron chi connectivity index (χ3n) is 2.81. The minimum Gasteiger partial charge on any atom is -0.306 e. The lowest BCUT2D eigenvalue weighted by Gasteiger charge is -2.17. The van der Waals surface area contributed by atoms with Crippen LogP contribution >= 0.6 is 27.3 Å². The van der Waals surface area contributed by atoms with E-state index in [-0.39, 0.29) is 0 Å². The molecule has 0 radical (unpaired) electrons. The Labute approximate surface area is 115 Å². The summed E-state index contributed by atoms with van der Waals surface area (Å²) in [6.45, 7) is 3.16. The molecule has 1 nitrogen and oxygen atoms in total. The first kappa shape index (κ1) is 12.8. The van der Waals surface area contributed by atoms with Crippen molar-refractivity contribution in [2.75, 3.05) is 0 Å². The molecule has 17 heavy (non-hydrogen) atoms. The standard InChI is InChI=1S/C14H16BrNS/c1-2-14(12-3-5-13(15)6-4-12)16-9-11-7-8-17-10-11/h3-8,10,14,16H,2,9H2,1H3. The van der Waals surface area contributed by atoms with Gasteiger partial charge in [0.15, 0.2) is 0 Å². The third-order valence-corrected chi connectivity index (χ3v) is 4.07. The summed E-state index contributed by atoms with van der Waals surface area (Å²) >= 11 is 5.22. The minimum absolute atomic E-state index is 0.433. The summed E-state index contributed by atoms with van der Waals surface area (Å²) in [4.78, 5) is 0. The monoisotopic (exact) mass is 309 g/mol. The first-order chi connectivity index (χ1) is 8.29. The highest BCUT2D eigenvalue weighted by atomic mass is 79.9. The molecule has 0 aliphatic carbocycles. The Balaban J connectivity index is 1.99. The van der Waals surface area contributed by atoms with Gasteiger partial charge in [-0.3, -0.25) is 0 Å². The van der Waals surface area contributed by atoms with Gasteiger partial charge in [-0.15, -0.1) is 0 Å². The largest absolute Gasteiger partial charge is 0.306 e. The second-order valence-electron chi connectivity index (χ2n) is 4.02. The van der Waals surface area contributed by atoms with Gasteiger partial charge in [0.25, 0.3) is 0 Å². The lowest BCUT2D eigenvalue weighted by atomic mass is 10.0. The molecule has 1 N–H and O–H groups in total. The van der Waals surface area contributed by atoms with Crippen LogP contribution in [0.4, 0.5) is 0 Å². The predicted octanol–water partition coefficient (Wildman–Crippen LogP) is 4.75. The Hall–Kier alpha value is -0.640. The number of hydrogen-bond acceptors (Lipinski definition) is 2. The summed E-state index contributed by atoms with van der Waals surface area (Å²) in [6, 6.07) is 11.2. The number of hydrogen-bond donors (Lipinski definition) is 1. The van der Waals surface area contributed by atoms with Gasteiger partial charge in [-0.1, -0.05) is 35.0 Å². The van der Waals surface area contributed by atoms with Gasteiger partial charge in [0.1, 0.15) is 0 Å². The van der Waals surface area contributed by atoms with E-state index in [1.807, 2.05) is 0 Å². The fraction of sp³-hybridized carbons (Fsp3) is 0.286. The molecule has 0 saturated heterocycles. The summed E-state index contributed by atoms with van der Waals surface area (Å²) in [7, 11) is 0. The number of nitrogens with one attached hydrogen (secondary N) is 1. The maximum atomic E-state index is 3.60. The molecule has 0 fully saturated rings. The molecule has 90 valence electrons. The zero-order valence-electron chi connectivity index (χ0n) is 9.82. The Morgan fingerprint density at radius 3 is 2.59 bits per heavy atom. The van der Waals surface area contributed by atoms with Gasteiger partial charge in [0.05, 0.1) is 0 Å². The fourth-order valence-electron chi connectivity index (χ4n) is 1.83. The zero-order chi connectivity index (χ0) is 12.1. The smallest absolute Gasteiger partial charge is 0.0320 e. The second kappa shape index (κ2) is 6.34. The molecular weight excluding hydrogens is 294 g/mol. The van der Waals surface area contributed by atoms with Crippen LogP contribution in [0.15, 0.2) is 45.6 Å². The molecule has 0 aliphatic heterocycles. The summed E-state index contributed by atoms with van der Waals surface area (Å²) < 4.78 is 1.13. The fourth-order valence-corrected chi connectivity index (χ4v) is 2.76. The van der Waals surface area contributed by atoms with Crippen LogP contribution < -0.4 is 5.32 Å². The van der Waals surface area contributed by atoms with Crippen molar-refractivity contribution in [1.82, 2.24) is 5.32 Å². The average molecular weight is 310 g/mol. The van der Waals surface area contributed by atoms with Gasteiger partial charge in [0.2, 0.25) is 0 Å². The van der Waals surface area contributed by atoms with Crippen LogP contribution in [-0.4, -0.2) is 0 Å². The van der Waals surface area contributed by atoms with Gasteiger partial charge in [-0.25, -0.2) is 0 Å². The van der Waals surface area contributed by atoms with Gasteiger partial charge >= 0.3 is 0 Å². The zero-order valence-corrected chi connectivity index (χ0v) is 12.2. The van der Waals surface area contributed by atoms with Crippen molar-refractivity contribution in [3.63, 3.8) is 0 Å². The summed E-state index contributed by atoms with van der Waals surface area (Å²) in [5.74, 6) is 0. The predicted molar refractivity (Wildman–Crippen MR) is 78.3 cm³/mol. The normalized spacial score (nSPS) is 12.6. The van der Waals surface area contributed by atoms with E-state index in [0.717, 1.165) is 17.4 Å². The van der Waals surface area contributed by atoms with E-state index in [0.29, 0.717) is 6.04 Å². The van der Waals surface area contributed by atoms with E-state index in [9.17, 15) is 0 Å². The van der Waals surface area contributed by atoms with Crippen LogP contribution in [0.3, 0.4) is 0 Å². The molecule has 0 bridgehead atoms.